The second kappa shape index (κ2) is 1.46. The smallest absolute Gasteiger partial charge is 0.178 e. The summed E-state index contributed by atoms with van der Waals surface area (Å²) in [5.74, 6) is -3.24. The highest BCUT2D eigenvalue weighted by Crippen LogP contribution is 1.97. The Kier molecular flexibility index (Phi) is 0.927. The standard InChI is InChI=1S/C2F3N3/c3-1-2(4)8(5)7-6-1. The molecule has 0 amide bonds. The molecular weight excluding hydrogens is 123 g/mol. The summed E-state index contributed by atoms with van der Waals surface area (Å²) in [4.78, 5) is -0.782. The maximum atomic E-state index is 11.6. The maximum absolute atomic E-state index is 11.6. The second-order valence-corrected chi connectivity index (χ2v) is 1.03. The average Bonchev–Trinajstić information content (AvgIpc) is 1.98. The van der Waals surface area contributed by atoms with Crippen molar-refractivity contribution in [1.29, 1.82) is 0 Å². The van der Waals surface area contributed by atoms with E-state index in [0.29, 0.717) is 0 Å². The van der Waals surface area contributed by atoms with E-state index in [1.54, 1.807) is 0 Å². The van der Waals surface area contributed by atoms with E-state index >= 15 is 0 Å². The number of hydrogen-bond acceptors (Lipinski definition) is 2. The van der Waals surface area contributed by atoms with Gasteiger partial charge in [-0.3, -0.25) is 0 Å². The third-order valence-electron chi connectivity index (χ3n) is 0.543. The third kappa shape index (κ3) is 0.535. The van der Waals surface area contributed by atoms with Crippen molar-refractivity contribution in [3.63, 3.8) is 0 Å². The van der Waals surface area contributed by atoms with E-state index in [2.05, 4.69) is 10.3 Å². The zero-order valence-electron chi connectivity index (χ0n) is 3.48. The Bertz CT molecular complexity index is 175. The van der Waals surface area contributed by atoms with Crippen molar-refractivity contribution < 1.29 is 13.3 Å². The number of rotatable bonds is 0. The molecule has 6 heteroatoms. The van der Waals surface area contributed by atoms with Crippen LogP contribution in [0.25, 0.3) is 0 Å². The first kappa shape index (κ1) is 5.07. The van der Waals surface area contributed by atoms with Crippen LogP contribution in [0.1, 0.15) is 0 Å². The summed E-state index contributed by atoms with van der Waals surface area (Å²) in [6.45, 7) is 0. The number of halogens is 3. The normalized spacial score (nSPS) is 9.88. The lowest BCUT2D eigenvalue weighted by Crippen LogP contribution is -1.87. The fourth-order valence-electron chi connectivity index (χ4n) is 0.235. The lowest BCUT2D eigenvalue weighted by molar-refractivity contribution is 0.244. The van der Waals surface area contributed by atoms with Crippen LogP contribution in [0.5, 0.6) is 0 Å². The number of aromatic nitrogens is 3. The molecular formula is C2F3N3. The highest BCUT2D eigenvalue weighted by molar-refractivity contribution is 4.72. The minimum atomic E-state index is -1.70. The molecule has 0 radical (unpaired) electrons. The summed E-state index contributed by atoms with van der Waals surface area (Å²) in [5, 5.41) is 4.78. The van der Waals surface area contributed by atoms with Crippen molar-refractivity contribution in [2.45, 2.75) is 0 Å². The molecule has 0 aliphatic rings. The zero-order valence-corrected chi connectivity index (χ0v) is 3.48. The topological polar surface area (TPSA) is 30.7 Å². The van der Waals surface area contributed by atoms with Gasteiger partial charge < -0.3 is 0 Å². The minimum absolute atomic E-state index is 0.782. The van der Waals surface area contributed by atoms with Crippen LogP contribution in [0.3, 0.4) is 0 Å². The highest BCUT2D eigenvalue weighted by atomic mass is 19.2. The van der Waals surface area contributed by atoms with Crippen LogP contribution in [0.15, 0.2) is 0 Å². The quantitative estimate of drug-likeness (QED) is 0.496. The molecule has 0 saturated heterocycles. The van der Waals surface area contributed by atoms with E-state index in [-0.39, 0.29) is 0 Å². The predicted molar refractivity (Wildman–Crippen MR) is 16.4 cm³/mol. The zero-order chi connectivity index (χ0) is 6.15. The average molecular weight is 123 g/mol. The van der Waals surface area contributed by atoms with Crippen LogP contribution in [-0.2, 0) is 0 Å². The summed E-state index contributed by atoms with van der Waals surface area (Å²) in [6.07, 6.45) is 0. The van der Waals surface area contributed by atoms with Gasteiger partial charge in [-0.15, -0.1) is 0 Å². The Labute approximate surface area is 41.7 Å². The van der Waals surface area contributed by atoms with Crippen LogP contribution < -0.4 is 0 Å². The second-order valence-electron chi connectivity index (χ2n) is 1.03. The molecule has 0 aliphatic heterocycles. The molecule has 8 heavy (non-hydrogen) atoms. The van der Waals surface area contributed by atoms with E-state index < -0.39 is 16.8 Å². The molecule has 1 rings (SSSR count). The molecule has 0 atom stereocenters. The molecule has 0 fully saturated rings. The van der Waals surface area contributed by atoms with E-state index in [1.165, 1.54) is 0 Å². The van der Waals surface area contributed by atoms with Crippen molar-refractivity contribution in [2.75, 3.05) is 0 Å². The molecule has 0 saturated carbocycles. The Morgan fingerprint density at radius 3 is 2.12 bits per heavy atom. The van der Waals surface area contributed by atoms with Gasteiger partial charge in [-0.2, -0.15) is 8.78 Å². The summed E-state index contributed by atoms with van der Waals surface area (Å²) in [5.41, 5.74) is 0. The number of hydrogen-bond donors (Lipinski definition) is 0. The van der Waals surface area contributed by atoms with Gasteiger partial charge in [0, 0.05) is 0 Å². The fourth-order valence-corrected chi connectivity index (χ4v) is 0.235. The van der Waals surface area contributed by atoms with Crippen LogP contribution in [0, 0.1) is 11.9 Å². The maximum Gasteiger partial charge on any atom is 0.300 e. The first-order chi connectivity index (χ1) is 3.72. The molecule has 1 heterocycles. The summed E-state index contributed by atoms with van der Waals surface area (Å²) in [6, 6.07) is 0. The van der Waals surface area contributed by atoms with Gasteiger partial charge in [0.1, 0.15) is 0 Å². The molecule has 1 aromatic heterocycles. The van der Waals surface area contributed by atoms with E-state index in [0.717, 1.165) is 0 Å². The monoisotopic (exact) mass is 123 g/mol. The van der Waals surface area contributed by atoms with Gasteiger partial charge in [-0.25, -0.2) is 0 Å². The van der Waals surface area contributed by atoms with Crippen LogP contribution in [0.2, 0.25) is 0 Å². The van der Waals surface area contributed by atoms with Crippen molar-refractivity contribution >= 4 is 0 Å². The molecule has 0 spiro atoms. The van der Waals surface area contributed by atoms with Crippen molar-refractivity contribution in [3.8, 4) is 0 Å². The van der Waals surface area contributed by atoms with Gasteiger partial charge in [0.15, 0.2) is 0 Å². The summed E-state index contributed by atoms with van der Waals surface area (Å²) in [7, 11) is 0. The minimum Gasteiger partial charge on any atom is -0.178 e. The Balaban J connectivity index is 3.19. The Morgan fingerprint density at radius 1 is 1.38 bits per heavy atom. The van der Waals surface area contributed by atoms with Gasteiger partial charge in [-0.1, -0.05) is 9.58 Å². The molecule has 0 bridgehead atoms. The van der Waals surface area contributed by atoms with Crippen LogP contribution in [0.4, 0.5) is 13.3 Å². The van der Waals surface area contributed by atoms with Gasteiger partial charge in [0.05, 0.1) is 0 Å². The van der Waals surface area contributed by atoms with E-state index in [9.17, 15) is 13.3 Å². The first-order valence-corrected chi connectivity index (χ1v) is 1.64. The Hall–Kier alpha value is -1.07. The van der Waals surface area contributed by atoms with Crippen molar-refractivity contribution in [2.24, 2.45) is 0 Å². The SMILES string of the molecule is Fc1nnn(F)c1F. The summed E-state index contributed by atoms with van der Waals surface area (Å²) >= 11 is 0. The van der Waals surface area contributed by atoms with E-state index in [1.807, 2.05) is 0 Å². The predicted octanol–water partition coefficient (Wildman–Crippen LogP) is 0.289. The van der Waals surface area contributed by atoms with Gasteiger partial charge in [0.2, 0.25) is 0 Å². The van der Waals surface area contributed by atoms with Gasteiger partial charge in [0.25, 0.3) is 5.95 Å². The molecule has 3 nitrogen and oxygen atoms in total. The molecule has 0 unspecified atom stereocenters. The van der Waals surface area contributed by atoms with Gasteiger partial charge in [-0.05, 0) is 10.1 Å². The highest BCUT2D eigenvalue weighted by Gasteiger charge is 2.09. The lowest BCUT2D eigenvalue weighted by atomic mass is 10.9. The number of nitrogens with zero attached hydrogens (tertiary/aromatic N) is 3. The van der Waals surface area contributed by atoms with Crippen LogP contribution in [-0.4, -0.2) is 15.2 Å². The fraction of sp³-hybridized carbons (Fsp3) is 0. The molecule has 0 aromatic carbocycles. The lowest BCUT2D eigenvalue weighted by Gasteiger charge is -1.74. The Morgan fingerprint density at radius 2 is 2.00 bits per heavy atom. The first-order valence-electron chi connectivity index (χ1n) is 1.64. The third-order valence-corrected chi connectivity index (χ3v) is 0.543. The summed E-state index contributed by atoms with van der Waals surface area (Å²) < 4.78 is 34.6. The largest absolute Gasteiger partial charge is 0.300 e. The molecule has 1 aromatic rings. The molecule has 0 aliphatic carbocycles. The van der Waals surface area contributed by atoms with Gasteiger partial charge >= 0.3 is 5.95 Å². The van der Waals surface area contributed by atoms with Crippen LogP contribution >= 0.6 is 0 Å². The van der Waals surface area contributed by atoms with Crippen molar-refractivity contribution in [1.82, 2.24) is 15.2 Å². The molecule has 44 valence electrons. The van der Waals surface area contributed by atoms with E-state index in [4.69, 9.17) is 0 Å². The molecule has 0 N–H and O–H groups in total. The van der Waals surface area contributed by atoms with Crippen molar-refractivity contribution in [3.05, 3.63) is 11.9 Å².